The molecule has 0 spiro atoms. The molecule has 7 heteroatoms. The van der Waals surface area contributed by atoms with Crippen molar-refractivity contribution in [2.45, 2.75) is 78.4 Å². The highest BCUT2D eigenvalue weighted by atomic mass is 16.6. The van der Waals surface area contributed by atoms with Gasteiger partial charge in [-0.3, -0.25) is 0 Å². The number of amides is 1. The highest BCUT2D eigenvalue weighted by molar-refractivity contribution is 5.68. The molecule has 1 heterocycles. The number of hydrogen-bond donors (Lipinski definition) is 1. The summed E-state index contributed by atoms with van der Waals surface area (Å²) in [6.45, 7) is 14.2. The largest absolute Gasteiger partial charge is 0.493 e. The quantitative estimate of drug-likeness (QED) is 0.326. The van der Waals surface area contributed by atoms with Crippen LogP contribution in [0.25, 0.3) is 0 Å². The van der Waals surface area contributed by atoms with Crippen LogP contribution in [0.3, 0.4) is 0 Å². The first-order valence-corrected chi connectivity index (χ1v) is 14.1. The molecule has 2 unspecified atom stereocenters. The number of carbonyl (C=O) groups excluding carboxylic acids is 1. The van der Waals surface area contributed by atoms with E-state index in [4.69, 9.17) is 18.9 Å². The van der Waals surface area contributed by atoms with Gasteiger partial charge in [-0.25, -0.2) is 4.79 Å². The van der Waals surface area contributed by atoms with Crippen molar-refractivity contribution in [1.29, 1.82) is 0 Å². The third kappa shape index (κ3) is 9.68. The fraction of sp³-hybridized carbons (Fsp3) is 0.767. The Labute approximate surface area is 224 Å². The molecule has 2 fully saturated rings. The van der Waals surface area contributed by atoms with Gasteiger partial charge in [0.05, 0.1) is 13.7 Å². The summed E-state index contributed by atoms with van der Waals surface area (Å²) >= 11 is 0. The third-order valence-electron chi connectivity index (χ3n) is 7.50. The van der Waals surface area contributed by atoms with E-state index in [1.165, 1.54) is 18.4 Å². The molecule has 2 aliphatic rings. The van der Waals surface area contributed by atoms with E-state index in [2.05, 4.69) is 31.3 Å². The van der Waals surface area contributed by atoms with Crippen LogP contribution in [0.2, 0.25) is 0 Å². The van der Waals surface area contributed by atoms with Gasteiger partial charge in [0, 0.05) is 45.8 Å². The smallest absolute Gasteiger partial charge is 0.410 e. The molecular formula is C30H50N2O5. The Morgan fingerprint density at radius 3 is 2.43 bits per heavy atom. The van der Waals surface area contributed by atoms with Crippen molar-refractivity contribution in [3.63, 3.8) is 0 Å². The fourth-order valence-corrected chi connectivity index (χ4v) is 5.15. The minimum atomic E-state index is -0.477. The number of likely N-dealkylation sites (tertiary alicyclic amines) is 1. The molecule has 1 aliphatic carbocycles. The van der Waals surface area contributed by atoms with Gasteiger partial charge in [-0.05, 0) is 87.8 Å². The molecule has 210 valence electrons. The number of methoxy groups -OCH3 is 2. The molecule has 1 saturated carbocycles. The zero-order valence-electron chi connectivity index (χ0n) is 24.2. The van der Waals surface area contributed by atoms with Crippen LogP contribution in [0.5, 0.6) is 11.5 Å². The Morgan fingerprint density at radius 2 is 1.81 bits per heavy atom. The fourth-order valence-electron chi connectivity index (χ4n) is 5.15. The second kappa shape index (κ2) is 13.7. The second-order valence-corrected chi connectivity index (χ2v) is 12.2. The summed E-state index contributed by atoms with van der Waals surface area (Å²) in [4.78, 5) is 14.8. The summed E-state index contributed by atoms with van der Waals surface area (Å²) in [5, 5.41) is 3.72. The van der Waals surface area contributed by atoms with Gasteiger partial charge in [-0.2, -0.15) is 0 Å². The number of nitrogens with zero attached hydrogens (tertiary/aromatic N) is 1. The Balaban J connectivity index is 1.68. The molecule has 1 saturated heterocycles. The van der Waals surface area contributed by atoms with Crippen molar-refractivity contribution in [1.82, 2.24) is 10.2 Å². The lowest BCUT2D eigenvalue weighted by Crippen LogP contribution is -2.36. The summed E-state index contributed by atoms with van der Waals surface area (Å²) in [5.41, 5.74) is 0.783. The van der Waals surface area contributed by atoms with E-state index in [1.807, 2.05) is 31.7 Å². The van der Waals surface area contributed by atoms with E-state index in [9.17, 15) is 4.79 Å². The van der Waals surface area contributed by atoms with Gasteiger partial charge in [0.1, 0.15) is 5.60 Å². The summed E-state index contributed by atoms with van der Waals surface area (Å²) in [5.74, 6) is 3.49. The lowest BCUT2D eigenvalue weighted by molar-refractivity contribution is 0.0282. The number of hydrogen-bond acceptors (Lipinski definition) is 6. The van der Waals surface area contributed by atoms with Crippen LogP contribution in [0.15, 0.2) is 18.2 Å². The number of rotatable bonds is 14. The normalized spacial score (nSPS) is 20.8. The van der Waals surface area contributed by atoms with E-state index in [0.717, 1.165) is 50.4 Å². The predicted molar refractivity (Wildman–Crippen MR) is 147 cm³/mol. The molecule has 7 nitrogen and oxygen atoms in total. The maximum absolute atomic E-state index is 12.9. The number of carbonyl (C=O) groups is 1. The molecule has 1 amide bonds. The van der Waals surface area contributed by atoms with E-state index < -0.39 is 5.60 Å². The van der Waals surface area contributed by atoms with Crippen LogP contribution in [0.4, 0.5) is 4.79 Å². The van der Waals surface area contributed by atoms with Gasteiger partial charge >= 0.3 is 6.09 Å². The second-order valence-electron chi connectivity index (χ2n) is 12.2. The summed E-state index contributed by atoms with van der Waals surface area (Å²) in [6, 6.07) is 6.97. The van der Waals surface area contributed by atoms with Gasteiger partial charge in [0.15, 0.2) is 11.5 Å². The molecule has 0 bridgehead atoms. The van der Waals surface area contributed by atoms with Gasteiger partial charge in [-0.15, -0.1) is 0 Å². The minimum absolute atomic E-state index is 0.182. The predicted octanol–water partition coefficient (Wildman–Crippen LogP) is 5.55. The van der Waals surface area contributed by atoms with Crippen LogP contribution in [-0.2, 0) is 15.9 Å². The molecule has 3 rings (SSSR count). The Kier molecular flexibility index (Phi) is 10.9. The maximum Gasteiger partial charge on any atom is 0.410 e. The standard InChI is InChI=1S/C30H50N2O5/c1-21(2)23(15-22-9-12-27(35-7)28(16-22)36-14-8-13-34-6)17-24-19-32(29(33)37-30(3,4)5)20-25(24)18-31-26-10-11-26/h9,12,16,21,23-26,31H,8,10-11,13-15,17-20H2,1-7H3/t23-,24?,25?/m0/s1. The summed E-state index contributed by atoms with van der Waals surface area (Å²) < 4.78 is 22.4. The SMILES string of the molecule is COCCCOc1cc(C[C@@H](CC2CN(C(=O)OC(C)(C)C)CC2CNC2CC2)C(C)C)ccc1OC. The molecule has 1 N–H and O–H groups in total. The average molecular weight is 519 g/mol. The maximum atomic E-state index is 12.9. The van der Waals surface area contributed by atoms with Crippen molar-refractivity contribution >= 4 is 6.09 Å². The van der Waals surface area contributed by atoms with Gasteiger partial charge in [0.25, 0.3) is 0 Å². The van der Waals surface area contributed by atoms with E-state index >= 15 is 0 Å². The molecule has 3 atom stereocenters. The highest BCUT2D eigenvalue weighted by Gasteiger charge is 2.39. The number of nitrogens with one attached hydrogen (secondary N) is 1. The monoisotopic (exact) mass is 518 g/mol. The number of ether oxygens (including phenoxy) is 4. The van der Waals surface area contributed by atoms with Crippen LogP contribution in [-0.4, -0.2) is 69.7 Å². The van der Waals surface area contributed by atoms with Crippen LogP contribution in [0, 0.1) is 23.7 Å². The van der Waals surface area contributed by atoms with Crippen LogP contribution < -0.4 is 14.8 Å². The van der Waals surface area contributed by atoms with Crippen molar-refractivity contribution in [2.75, 3.05) is 47.1 Å². The van der Waals surface area contributed by atoms with Crippen LogP contribution in [0.1, 0.15) is 65.9 Å². The van der Waals surface area contributed by atoms with Crippen molar-refractivity contribution in [3.05, 3.63) is 23.8 Å². The van der Waals surface area contributed by atoms with E-state index in [-0.39, 0.29) is 6.09 Å². The average Bonchev–Trinajstić information content (AvgIpc) is 3.58. The van der Waals surface area contributed by atoms with Gasteiger partial charge < -0.3 is 29.2 Å². The zero-order valence-corrected chi connectivity index (χ0v) is 24.2. The highest BCUT2D eigenvalue weighted by Crippen LogP contribution is 2.36. The Morgan fingerprint density at radius 1 is 1.08 bits per heavy atom. The first kappa shape index (κ1) is 29.6. The van der Waals surface area contributed by atoms with E-state index in [0.29, 0.717) is 42.9 Å². The molecule has 0 aromatic heterocycles. The lowest BCUT2D eigenvalue weighted by Gasteiger charge is -2.28. The Bertz CT molecular complexity index is 849. The Hall–Kier alpha value is -1.99. The topological polar surface area (TPSA) is 69.3 Å². The van der Waals surface area contributed by atoms with Crippen molar-refractivity contribution < 1.29 is 23.7 Å². The van der Waals surface area contributed by atoms with Gasteiger partial charge in [-0.1, -0.05) is 19.9 Å². The summed E-state index contributed by atoms with van der Waals surface area (Å²) in [6.07, 6.45) is 5.26. The third-order valence-corrected chi connectivity index (χ3v) is 7.50. The van der Waals surface area contributed by atoms with Crippen LogP contribution >= 0.6 is 0 Å². The van der Waals surface area contributed by atoms with E-state index in [1.54, 1.807) is 14.2 Å². The molecule has 1 aromatic rings. The summed E-state index contributed by atoms with van der Waals surface area (Å²) in [7, 11) is 3.39. The first-order chi connectivity index (χ1) is 17.6. The first-order valence-electron chi connectivity index (χ1n) is 14.1. The molecule has 1 aromatic carbocycles. The minimum Gasteiger partial charge on any atom is -0.493 e. The molecule has 37 heavy (non-hydrogen) atoms. The molecule has 1 aliphatic heterocycles. The lowest BCUT2D eigenvalue weighted by atomic mass is 9.79. The number of benzene rings is 1. The zero-order chi connectivity index (χ0) is 27.0. The van der Waals surface area contributed by atoms with Crippen molar-refractivity contribution in [3.8, 4) is 11.5 Å². The van der Waals surface area contributed by atoms with Crippen molar-refractivity contribution in [2.24, 2.45) is 23.7 Å². The van der Waals surface area contributed by atoms with Gasteiger partial charge in [0.2, 0.25) is 0 Å². The molecule has 0 radical (unpaired) electrons. The molecular weight excluding hydrogens is 468 g/mol.